The predicted molar refractivity (Wildman–Crippen MR) is 166 cm³/mol. The SMILES string of the molecule is O.O.O.O.O.O=C(O)CC(O)(CC(=O)O)C(=O)O.O=C(O)CC(O)(CC(=O)O)C(=O)O.O=C(O)CC(O)(CC(=O)O)C(=O)O.O=C(O)CC(O)(CC(=O)O)C(=O)O.[Cu].[Cu].[Cu].[Cu].[Cu].[Cu]. The first-order chi connectivity index (χ1) is 23.1. The molecule has 0 aliphatic rings. The van der Waals surface area contributed by atoms with Gasteiger partial charge in [-0.05, 0) is 0 Å². The van der Waals surface area contributed by atoms with Crippen LogP contribution in [0.25, 0.3) is 0 Å². The maximum Gasteiger partial charge on any atom is 0.336 e. The summed E-state index contributed by atoms with van der Waals surface area (Å²) in [5.74, 6) is -20.1. The fraction of sp³-hybridized carbons (Fsp3) is 0.500. The number of rotatable bonds is 20. The molecule has 39 heteroatoms. The van der Waals surface area contributed by atoms with Gasteiger partial charge in [0.1, 0.15) is 0 Å². The second-order valence-electron chi connectivity index (χ2n) is 9.91. The fourth-order valence-corrected chi connectivity index (χ4v) is 2.86. The van der Waals surface area contributed by atoms with Crippen molar-refractivity contribution in [1.29, 1.82) is 0 Å². The number of aliphatic carboxylic acids is 12. The van der Waals surface area contributed by atoms with Gasteiger partial charge in [-0.3, -0.25) is 38.4 Å². The van der Waals surface area contributed by atoms with Gasteiger partial charge in [0, 0.05) is 102 Å². The Morgan fingerprint density at radius 1 is 0.222 bits per heavy atom. The van der Waals surface area contributed by atoms with Crippen molar-refractivity contribution in [3.05, 3.63) is 0 Å². The van der Waals surface area contributed by atoms with Gasteiger partial charge in [0.25, 0.3) is 0 Å². The van der Waals surface area contributed by atoms with Gasteiger partial charge in [-0.1, -0.05) is 0 Å². The average molecular weight is 1240 g/mol. The second kappa shape index (κ2) is 46.4. The van der Waals surface area contributed by atoms with Crippen LogP contribution in [0.3, 0.4) is 0 Å². The molecule has 26 N–H and O–H groups in total. The van der Waals surface area contributed by atoms with Gasteiger partial charge in [-0.15, -0.1) is 0 Å². The van der Waals surface area contributed by atoms with Crippen LogP contribution in [0.2, 0.25) is 0 Å². The Balaban J connectivity index is -0.0000000354. The third-order valence-corrected chi connectivity index (χ3v) is 5.14. The van der Waals surface area contributed by atoms with E-state index >= 15 is 0 Å². The molecule has 0 aromatic carbocycles. The van der Waals surface area contributed by atoms with Crippen LogP contribution in [0.4, 0.5) is 0 Å². The van der Waals surface area contributed by atoms with Gasteiger partial charge >= 0.3 is 71.6 Å². The quantitative estimate of drug-likeness (QED) is 0.0503. The van der Waals surface area contributed by atoms with Gasteiger partial charge in [-0.25, -0.2) is 19.2 Å². The number of hydrogen-bond acceptors (Lipinski definition) is 16. The topological polar surface area (TPSA) is 686 Å². The van der Waals surface area contributed by atoms with E-state index in [0.717, 1.165) is 0 Å². The summed E-state index contributed by atoms with van der Waals surface area (Å²) in [6, 6.07) is 0. The molecular weight excluding hydrogens is 1200 g/mol. The summed E-state index contributed by atoms with van der Waals surface area (Å²) >= 11 is 0. The van der Waals surface area contributed by atoms with Crippen molar-refractivity contribution < 1.29 is 269 Å². The standard InChI is InChI=1S/4C6H8O7.6Cu.5H2O/c4*7-3(8)1-6(13,5(11)12)2-4(9)10;;;;;;;;;;;/h4*13H,1-2H2,(H,7,8)(H,9,10)(H,11,12);;;;;;;5*1H2. The monoisotopic (exact) mass is 1240 g/mol. The van der Waals surface area contributed by atoms with E-state index in [-0.39, 0.29) is 130 Å². The third kappa shape index (κ3) is 50.9. The van der Waals surface area contributed by atoms with Crippen molar-refractivity contribution in [3.63, 3.8) is 0 Å². The summed E-state index contributed by atoms with van der Waals surface area (Å²) in [5, 5.41) is 135. The minimum absolute atomic E-state index is 0. The van der Waals surface area contributed by atoms with Crippen molar-refractivity contribution >= 4 is 71.6 Å². The van der Waals surface area contributed by atoms with Crippen molar-refractivity contribution in [2.75, 3.05) is 0 Å². The van der Waals surface area contributed by atoms with E-state index in [0.29, 0.717) is 0 Å². The van der Waals surface area contributed by atoms with Crippen molar-refractivity contribution in [2.24, 2.45) is 0 Å². The molecule has 0 amide bonds. The number of carbonyl (C=O) groups is 12. The Kier molecular flexibility index (Phi) is 75.7. The van der Waals surface area contributed by atoms with Crippen LogP contribution >= 0.6 is 0 Å². The van der Waals surface area contributed by atoms with E-state index in [4.69, 9.17) is 81.7 Å². The van der Waals surface area contributed by atoms with Gasteiger partial charge in [0.05, 0.1) is 51.4 Å². The molecular formula is C24H42Cu6O33. The van der Waals surface area contributed by atoms with E-state index in [1.165, 1.54) is 0 Å². The molecule has 0 rings (SSSR count). The first kappa shape index (κ1) is 103. The Morgan fingerprint density at radius 2 is 0.286 bits per heavy atom. The molecule has 0 bridgehead atoms. The number of carboxylic acids is 12. The first-order valence-corrected chi connectivity index (χ1v) is 12.7. The smallest absolute Gasteiger partial charge is 0.336 e. The van der Waals surface area contributed by atoms with E-state index < -0.39 is 145 Å². The number of carboxylic acid groups (broad SMARTS) is 12. The van der Waals surface area contributed by atoms with Crippen molar-refractivity contribution in [3.8, 4) is 0 Å². The maximum absolute atomic E-state index is 10.3. The zero-order chi connectivity index (χ0) is 42.6. The second-order valence-corrected chi connectivity index (χ2v) is 9.91. The molecule has 0 saturated heterocycles. The largest absolute Gasteiger partial charge is 0.481 e. The molecule has 33 nitrogen and oxygen atoms in total. The van der Waals surface area contributed by atoms with Crippen LogP contribution in [-0.4, -0.2) is 203 Å². The molecule has 0 aliphatic carbocycles. The van der Waals surface area contributed by atoms with Gasteiger partial charge in [0.2, 0.25) is 0 Å². The molecule has 0 heterocycles. The molecule has 0 atom stereocenters. The van der Waals surface area contributed by atoms with Gasteiger partial charge < -0.3 is 109 Å². The Labute approximate surface area is 412 Å². The fourth-order valence-electron chi connectivity index (χ4n) is 2.86. The first-order valence-electron chi connectivity index (χ1n) is 12.7. The van der Waals surface area contributed by atoms with Crippen LogP contribution in [0.15, 0.2) is 0 Å². The molecule has 0 unspecified atom stereocenters. The molecule has 0 aliphatic heterocycles. The summed E-state index contributed by atoms with van der Waals surface area (Å²) < 4.78 is 0. The Bertz CT molecular complexity index is 1150. The van der Waals surface area contributed by atoms with Gasteiger partial charge in [-0.2, -0.15) is 0 Å². The molecule has 0 fully saturated rings. The molecule has 63 heavy (non-hydrogen) atoms. The van der Waals surface area contributed by atoms with Crippen LogP contribution in [-0.2, 0) is 160 Å². The summed E-state index contributed by atoms with van der Waals surface area (Å²) in [6.45, 7) is 0. The summed E-state index contributed by atoms with van der Waals surface area (Å²) in [4.78, 5) is 122. The number of hydrogen-bond donors (Lipinski definition) is 16. The maximum atomic E-state index is 10.3. The summed E-state index contributed by atoms with van der Waals surface area (Å²) in [6.07, 6.45) is -9.15. The number of aliphatic hydroxyl groups is 4. The Hall–Kier alpha value is -3.60. The Morgan fingerprint density at radius 3 is 0.317 bits per heavy atom. The minimum atomic E-state index is -2.74. The van der Waals surface area contributed by atoms with Crippen LogP contribution < -0.4 is 0 Å². The molecule has 0 aromatic heterocycles. The van der Waals surface area contributed by atoms with E-state index in [2.05, 4.69) is 0 Å². The zero-order valence-corrected chi connectivity index (χ0v) is 35.7. The zero-order valence-electron chi connectivity index (χ0n) is 30.0. The third-order valence-electron chi connectivity index (χ3n) is 5.14. The summed E-state index contributed by atoms with van der Waals surface area (Å²) in [5.41, 5.74) is -11.0. The average Bonchev–Trinajstić information content (AvgIpc) is 2.85. The summed E-state index contributed by atoms with van der Waals surface area (Å²) in [7, 11) is 0. The normalized spacial score (nSPS) is 8.95. The van der Waals surface area contributed by atoms with Crippen LogP contribution in [0.1, 0.15) is 51.4 Å². The van der Waals surface area contributed by atoms with E-state index in [1.807, 2.05) is 0 Å². The molecule has 0 spiro atoms. The van der Waals surface area contributed by atoms with Crippen LogP contribution in [0, 0.1) is 0 Å². The van der Waals surface area contributed by atoms with Crippen molar-refractivity contribution in [1.82, 2.24) is 0 Å². The van der Waals surface area contributed by atoms with E-state index in [1.54, 1.807) is 0 Å². The molecule has 6 radical (unpaired) electrons. The van der Waals surface area contributed by atoms with Crippen molar-refractivity contribution in [2.45, 2.75) is 73.8 Å². The molecule has 0 aromatic rings. The molecule has 402 valence electrons. The van der Waals surface area contributed by atoms with Crippen LogP contribution in [0.5, 0.6) is 0 Å². The molecule has 0 saturated carbocycles. The van der Waals surface area contributed by atoms with Gasteiger partial charge in [0.15, 0.2) is 22.4 Å². The predicted octanol–water partition coefficient (Wildman–Crippen LogP) is -9.13. The minimum Gasteiger partial charge on any atom is -0.481 e. The van der Waals surface area contributed by atoms with E-state index in [9.17, 15) is 57.5 Å².